The number of hydrogen-bond acceptors (Lipinski definition) is 4. The maximum Gasteiger partial charge on any atom is 0.283 e. The zero-order valence-corrected chi connectivity index (χ0v) is 22.8. The number of nitrogens with zero attached hydrogens (tertiary/aromatic N) is 3. The van der Waals surface area contributed by atoms with E-state index in [0.717, 1.165) is 34.5 Å². The van der Waals surface area contributed by atoms with Gasteiger partial charge in [0.05, 0.1) is 11.4 Å². The van der Waals surface area contributed by atoms with E-state index < -0.39 is 0 Å². The van der Waals surface area contributed by atoms with Crippen LogP contribution >= 0.6 is 11.8 Å². The van der Waals surface area contributed by atoms with Crippen LogP contribution < -0.4 is 10.9 Å². The van der Waals surface area contributed by atoms with Crippen molar-refractivity contribution in [2.45, 2.75) is 32.3 Å². The van der Waals surface area contributed by atoms with Crippen LogP contribution in [-0.4, -0.2) is 25.8 Å². The first-order valence-corrected chi connectivity index (χ1v) is 13.6. The average molecular weight is 523 g/mol. The molecule has 0 unspecified atom stereocenters. The van der Waals surface area contributed by atoms with Gasteiger partial charge in [0.15, 0.2) is 5.16 Å². The molecule has 1 amide bonds. The molecule has 0 bridgehead atoms. The van der Waals surface area contributed by atoms with Gasteiger partial charge in [-0.2, -0.15) is 0 Å². The molecule has 0 aliphatic heterocycles. The molecule has 0 fully saturated rings. The number of amides is 1. The predicted molar refractivity (Wildman–Crippen MR) is 156 cm³/mol. The maximum atomic E-state index is 14.0. The van der Waals surface area contributed by atoms with E-state index in [2.05, 4.69) is 12.2 Å². The summed E-state index contributed by atoms with van der Waals surface area (Å²) in [6.07, 6.45) is 2.85. The van der Waals surface area contributed by atoms with E-state index in [-0.39, 0.29) is 17.2 Å². The second-order valence-electron chi connectivity index (χ2n) is 9.41. The predicted octanol–water partition coefficient (Wildman–Crippen LogP) is 6.30. The van der Waals surface area contributed by atoms with Crippen molar-refractivity contribution in [3.8, 4) is 16.8 Å². The van der Waals surface area contributed by atoms with Crippen LogP contribution in [0.25, 0.3) is 27.8 Å². The van der Waals surface area contributed by atoms with Crippen LogP contribution in [0.2, 0.25) is 0 Å². The molecule has 1 N–H and O–H groups in total. The van der Waals surface area contributed by atoms with Crippen molar-refractivity contribution in [1.29, 1.82) is 0 Å². The molecule has 5 rings (SSSR count). The van der Waals surface area contributed by atoms with E-state index in [1.54, 1.807) is 4.57 Å². The minimum absolute atomic E-state index is 0.116. The van der Waals surface area contributed by atoms with Gasteiger partial charge in [0.2, 0.25) is 5.91 Å². The van der Waals surface area contributed by atoms with Crippen LogP contribution in [0.4, 0.5) is 5.69 Å². The summed E-state index contributed by atoms with van der Waals surface area (Å²) in [7, 11) is 1.87. The lowest BCUT2D eigenvalue weighted by molar-refractivity contribution is -0.113. The van der Waals surface area contributed by atoms with Crippen molar-refractivity contribution in [1.82, 2.24) is 14.1 Å². The highest BCUT2D eigenvalue weighted by atomic mass is 32.2. The number of aryl methyl sites for hydroxylation is 4. The molecular formula is C31H30N4O2S. The number of nitrogens with one attached hydrogen (secondary N) is 1. The van der Waals surface area contributed by atoms with E-state index in [1.165, 1.54) is 22.9 Å². The second-order valence-corrected chi connectivity index (χ2v) is 10.4. The van der Waals surface area contributed by atoms with Crippen molar-refractivity contribution in [2.24, 2.45) is 7.05 Å². The normalized spacial score (nSPS) is 11.2. The van der Waals surface area contributed by atoms with Gasteiger partial charge in [0, 0.05) is 24.5 Å². The molecule has 2 aromatic heterocycles. The highest BCUT2D eigenvalue weighted by Crippen LogP contribution is 2.30. The van der Waals surface area contributed by atoms with Crippen molar-refractivity contribution in [2.75, 3.05) is 11.1 Å². The number of carbonyl (C=O) groups is 1. The Bertz CT molecular complexity index is 1690. The Kier molecular flexibility index (Phi) is 7.20. The van der Waals surface area contributed by atoms with E-state index in [4.69, 9.17) is 4.98 Å². The summed E-state index contributed by atoms with van der Waals surface area (Å²) < 4.78 is 3.45. The number of fused-ring (bicyclic) bond motifs is 1. The maximum absolute atomic E-state index is 14.0. The Morgan fingerprint density at radius 3 is 2.39 bits per heavy atom. The molecule has 5 aromatic rings. The first-order chi connectivity index (χ1) is 18.4. The lowest BCUT2D eigenvalue weighted by Crippen LogP contribution is -2.24. The van der Waals surface area contributed by atoms with E-state index in [1.807, 2.05) is 104 Å². The molecule has 3 aromatic carbocycles. The molecule has 0 saturated carbocycles. The minimum Gasteiger partial charge on any atom is -0.344 e. The second kappa shape index (κ2) is 10.7. The Morgan fingerprint density at radius 1 is 0.974 bits per heavy atom. The fourth-order valence-electron chi connectivity index (χ4n) is 4.50. The summed E-state index contributed by atoms with van der Waals surface area (Å²) in [5.74, 6) is -0.0392. The number of rotatable bonds is 7. The highest BCUT2D eigenvalue weighted by Gasteiger charge is 2.20. The molecule has 0 aliphatic rings. The summed E-state index contributed by atoms with van der Waals surface area (Å²) in [5.41, 5.74) is 7.80. The highest BCUT2D eigenvalue weighted by molar-refractivity contribution is 7.99. The van der Waals surface area contributed by atoms with Crippen LogP contribution in [0.5, 0.6) is 0 Å². The standard InChI is InChI=1S/C31H30N4O2S/c1-5-22-12-15-25(16-13-22)35-30(37)29-28(26(18-34(29)4)23-9-7-6-8-10-23)33-31(35)38-19-27(36)32-24-14-11-20(2)21(3)17-24/h6-18H,5,19H2,1-4H3,(H,32,36). The third kappa shape index (κ3) is 5.02. The number of carbonyl (C=O) groups excluding carboxylic acids is 1. The third-order valence-electron chi connectivity index (χ3n) is 6.77. The lowest BCUT2D eigenvalue weighted by Gasteiger charge is -2.14. The topological polar surface area (TPSA) is 68.9 Å². The molecule has 192 valence electrons. The number of benzene rings is 3. The van der Waals surface area contributed by atoms with Gasteiger partial charge >= 0.3 is 0 Å². The number of hydrogen-bond donors (Lipinski definition) is 1. The summed E-state index contributed by atoms with van der Waals surface area (Å²) in [6.45, 7) is 6.16. The van der Waals surface area contributed by atoms with E-state index in [9.17, 15) is 9.59 Å². The molecule has 7 heteroatoms. The molecule has 6 nitrogen and oxygen atoms in total. The molecular weight excluding hydrogens is 492 g/mol. The Labute approximate surface area is 226 Å². The van der Waals surface area contributed by atoms with Crippen molar-refractivity contribution >= 4 is 34.4 Å². The smallest absolute Gasteiger partial charge is 0.283 e. The fraction of sp³-hybridized carbons (Fsp3) is 0.194. The zero-order valence-electron chi connectivity index (χ0n) is 22.0. The Hall–Kier alpha value is -4.10. The van der Waals surface area contributed by atoms with Gasteiger partial charge in [-0.3, -0.25) is 14.2 Å². The fourth-order valence-corrected chi connectivity index (χ4v) is 5.30. The summed E-state index contributed by atoms with van der Waals surface area (Å²) in [6, 6.07) is 23.7. The van der Waals surface area contributed by atoms with Crippen molar-refractivity contribution in [3.05, 3.63) is 106 Å². The summed E-state index contributed by atoms with van der Waals surface area (Å²) >= 11 is 1.26. The first kappa shape index (κ1) is 25.5. The molecule has 0 atom stereocenters. The van der Waals surface area contributed by atoms with Crippen LogP contribution in [0, 0.1) is 13.8 Å². The van der Waals surface area contributed by atoms with Gasteiger partial charge in [-0.05, 0) is 66.8 Å². The quantitative estimate of drug-likeness (QED) is 0.201. The average Bonchev–Trinajstić information content (AvgIpc) is 3.26. The van der Waals surface area contributed by atoms with E-state index >= 15 is 0 Å². The summed E-state index contributed by atoms with van der Waals surface area (Å²) in [4.78, 5) is 31.8. The molecule has 2 heterocycles. The van der Waals surface area contributed by atoms with Crippen LogP contribution in [0.3, 0.4) is 0 Å². The number of thioether (sulfide) groups is 1. The van der Waals surface area contributed by atoms with Crippen molar-refractivity contribution in [3.63, 3.8) is 0 Å². The SMILES string of the molecule is CCc1ccc(-n2c(SCC(=O)Nc3ccc(C)c(C)c3)nc3c(-c4ccccc4)cn(C)c3c2=O)cc1. The summed E-state index contributed by atoms with van der Waals surface area (Å²) in [5, 5.41) is 3.45. The molecule has 38 heavy (non-hydrogen) atoms. The largest absolute Gasteiger partial charge is 0.344 e. The van der Waals surface area contributed by atoms with E-state index in [0.29, 0.717) is 16.2 Å². The van der Waals surface area contributed by atoms with Crippen molar-refractivity contribution < 1.29 is 4.79 Å². The number of aromatic nitrogens is 3. The Morgan fingerprint density at radius 2 is 1.71 bits per heavy atom. The van der Waals surface area contributed by atoms with Gasteiger partial charge < -0.3 is 9.88 Å². The van der Waals surface area contributed by atoms with Gasteiger partial charge in [-0.25, -0.2) is 4.98 Å². The third-order valence-corrected chi connectivity index (χ3v) is 7.71. The zero-order chi connectivity index (χ0) is 26.8. The van der Waals surface area contributed by atoms with Crippen LogP contribution in [-0.2, 0) is 18.3 Å². The molecule has 0 spiro atoms. The van der Waals surface area contributed by atoms with Gasteiger partial charge in [0.1, 0.15) is 11.0 Å². The molecule has 0 aliphatic carbocycles. The van der Waals surface area contributed by atoms with Gasteiger partial charge in [-0.15, -0.1) is 0 Å². The Balaban J connectivity index is 1.57. The molecule has 0 radical (unpaired) electrons. The lowest BCUT2D eigenvalue weighted by atomic mass is 10.1. The van der Waals surface area contributed by atoms with Crippen LogP contribution in [0.15, 0.2) is 88.9 Å². The minimum atomic E-state index is -0.166. The molecule has 0 saturated heterocycles. The van der Waals surface area contributed by atoms with Crippen LogP contribution in [0.1, 0.15) is 23.6 Å². The number of anilines is 1. The van der Waals surface area contributed by atoms with Gasteiger partial charge in [0.25, 0.3) is 5.56 Å². The first-order valence-electron chi connectivity index (χ1n) is 12.6. The monoisotopic (exact) mass is 522 g/mol. The van der Waals surface area contributed by atoms with Gasteiger partial charge in [-0.1, -0.05) is 67.2 Å².